The SMILES string of the molecule is C[N]C1Cc2ccccc2C1. The summed E-state index contributed by atoms with van der Waals surface area (Å²) in [6.45, 7) is 0. The van der Waals surface area contributed by atoms with E-state index >= 15 is 0 Å². The van der Waals surface area contributed by atoms with E-state index < -0.39 is 0 Å². The Labute approximate surface area is 67.4 Å². The molecule has 0 unspecified atom stereocenters. The van der Waals surface area contributed by atoms with Crippen LogP contribution in [0.25, 0.3) is 0 Å². The van der Waals surface area contributed by atoms with Gasteiger partial charge in [0, 0.05) is 13.1 Å². The molecule has 0 fully saturated rings. The summed E-state index contributed by atoms with van der Waals surface area (Å²) in [7, 11) is 1.91. The highest BCUT2D eigenvalue weighted by molar-refractivity contribution is 5.33. The fourth-order valence-corrected chi connectivity index (χ4v) is 1.72. The van der Waals surface area contributed by atoms with Gasteiger partial charge in [0.15, 0.2) is 0 Å². The van der Waals surface area contributed by atoms with Crippen LogP contribution in [-0.4, -0.2) is 13.1 Å². The van der Waals surface area contributed by atoms with Gasteiger partial charge in [-0.05, 0) is 24.0 Å². The molecule has 0 spiro atoms. The van der Waals surface area contributed by atoms with Gasteiger partial charge < -0.3 is 0 Å². The lowest BCUT2D eigenvalue weighted by Gasteiger charge is -2.01. The summed E-state index contributed by atoms with van der Waals surface area (Å²) in [5, 5.41) is 4.30. The van der Waals surface area contributed by atoms with E-state index in [-0.39, 0.29) is 0 Å². The fourth-order valence-electron chi connectivity index (χ4n) is 1.72. The summed E-state index contributed by atoms with van der Waals surface area (Å²) < 4.78 is 0. The maximum atomic E-state index is 4.30. The first-order valence-corrected chi connectivity index (χ1v) is 4.06. The number of fused-ring (bicyclic) bond motifs is 1. The van der Waals surface area contributed by atoms with E-state index in [0.29, 0.717) is 6.04 Å². The number of rotatable bonds is 1. The van der Waals surface area contributed by atoms with Crippen LogP contribution in [0.15, 0.2) is 24.3 Å². The van der Waals surface area contributed by atoms with Crippen LogP contribution >= 0.6 is 0 Å². The summed E-state index contributed by atoms with van der Waals surface area (Å²) in [6.07, 6.45) is 2.29. The predicted octanol–water partition coefficient (Wildman–Crippen LogP) is 1.39. The molecule has 0 heterocycles. The molecule has 1 aliphatic rings. The minimum Gasteiger partial charge on any atom is -0.241 e. The Kier molecular flexibility index (Phi) is 1.66. The van der Waals surface area contributed by atoms with Crippen molar-refractivity contribution in [1.82, 2.24) is 5.32 Å². The van der Waals surface area contributed by atoms with Crippen molar-refractivity contribution in [1.29, 1.82) is 0 Å². The van der Waals surface area contributed by atoms with Gasteiger partial charge in [0.25, 0.3) is 0 Å². The molecule has 1 heteroatoms. The molecule has 1 nitrogen and oxygen atoms in total. The minimum absolute atomic E-state index is 0.549. The Morgan fingerprint density at radius 1 is 1.18 bits per heavy atom. The molecule has 2 rings (SSSR count). The molecule has 1 aliphatic carbocycles. The van der Waals surface area contributed by atoms with Crippen LogP contribution in [0.4, 0.5) is 0 Å². The number of nitrogens with zero attached hydrogens (tertiary/aromatic N) is 1. The molecule has 0 atom stereocenters. The first kappa shape index (κ1) is 6.86. The summed E-state index contributed by atoms with van der Waals surface area (Å²) in [5.74, 6) is 0. The molecule has 0 N–H and O–H groups in total. The van der Waals surface area contributed by atoms with Crippen molar-refractivity contribution in [2.45, 2.75) is 18.9 Å². The van der Waals surface area contributed by atoms with Crippen molar-refractivity contribution in [2.75, 3.05) is 7.05 Å². The van der Waals surface area contributed by atoms with Crippen LogP contribution in [0.2, 0.25) is 0 Å². The first-order valence-electron chi connectivity index (χ1n) is 4.06. The van der Waals surface area contributed by atoms with Gasteiger partial charge in [-0.15, -0.1) is 0 Å². The zero-order valence-corrected chi connectivity index (χ0v) is 6.75. The van der Waals surface area contributed by atoms with Gasteiger partial charge in [-0.1, -0.05) is 24.3 Å². The topological polar surface area (TPSA) is 14.1 Å². The van der Waals surface area contributed by atoms with Gasteiger partial charge in [0.05, 0.1) is 0 Å². The van der Waals surface area contributed by atoms with Crippen molar-refractivity contribution < 1.29 is 0 Å². The molecule has 57 valence electrons. The third-order valence-electron chi connectivity index (χ3n) is 2.39. The lowest BCUT2D eigenvalue weighted by atomic mass is 10.1. The van der Waals surface area contributed by atoms with Crippen molar-refractivity contribution in [3.05, 3.63) is 35.4 Å². The summed E-state index contributed by atoms with van der Waals surface area (Å²) >= 11 is 0. The van der Waals surface area contributed by atoms with Gasteiger partial charge in [0.2, 0.25) is 0 Å². The Morgan fingerprint density at radius 2 is 1.73 bits per heavy atom. The molecule has 0 bridgehead atoms. The highest BCUT2D eigenvalue weighted by atomic mass is 14.9. The number of benzene rings is 1. The van der Waals surface area contributed by atoms with E-state index in [2.05, 4.69) is 29.6 Å². The Hall–Kier alpha value is -0.820. The molecule has 11 heavy (non-hydrogen) atoms. The zero-order chi connectivity index (χ0) is 7.68. The highest BCUT2D eigenvalue weighted by Gasteiger charge is 2.19. The van der Waals surface area contributed by atoms with Gasteiger partial charge in [-0.3, -0.25) is 0 Å². The van der Waals surface area contributed by atoms with Gasteiger partial charge >= 0.3 is 0 Å². The largest absolute Gasteiger partial charge is 0.241 e. The maximum Gasteiger partial charge on any atom is 0.0323 e. The van der Waals surface area contributed by atoms with Gasteiger partial charge in [-0.2, -0.15) is 0 Å². The van der Waals surface area contributed by atoms with Crippen molar-refractivity contribution in [3.63, 3.8) is 0 Å². The van der Waals surface area contributed by atoms with Crippen molar-refractivity contribution in [2.24, 2.45) is 0 Å². The number of likely N-dealkylation sites (N-methyl/N-ethyl adjacent to an activating group) is 1. The lowest BCUT2D eigenvalue weighted by Crippen LogP contribution is -2.18. The Balaban J connectivity index is 2.27. The molecule has 0 amide bonds. The van der Waals surface area contributed by atoms with Crippen LogP contribution < -0.4 is 5.32 Å². The monoisotopic (exact) mass is 146 g/mol. The van der Waals surface area contributed by atoms with E-state index in [1.165, 1.54) is 11.1 Å². The summed E-state index contributed by atoms with van der Waals surface area (Å²) in [6, 6.07) is 9.18. The second-order valence-electron chi connectivity index (χ2n) is 3.09. The Bertz CT molecular complexity index is 230. The molecular weight excluding hydrogens is 134 g/mol. The standard InChI is InChI=1S/C10H12N/c1-11-10-6-8-4-2-3-5-9(8)7-10/h2-5,10H,6-7H2,1H3. The van der Waals surface area contributed by atoms with Crippen LogP contribution in [0.5, 0.6) is 0 Å². The number of hydrogen-bond acceptors (Lipinski definition) is 0. The molecule has 1 radical (unpaired) electrons. The first-order chi connectivity index (χ1) is 5.40. The van der Waals surface area contributed by atoms with E-state index in [9.17, 15) is 0 Å². The average molecular weight is 146 g/mol. The predicted molar refractivity (Wildman–Crippen MR) is 45.7 cm³/mol. The van der Waals surface area contributed by atoms with Gasteiger partial charge in [0.1, 0.15) is 0 Å². The molecule has 0 saturated carbocycles. The van der Waals surface area contributed by atoms with Crippen molar-refractivity contribution in [3.8, 4) is 0 Å². The lowest BCUT2D eigenvalue weighted by molar-refractivity contribution is 0.582. The van der Waals surface area contributed by atoms with E-state index in [0.717, 1.165) is 12.8 Å². The quantitative estimate of drug-likeness (QED) is 0.568. The van der Waals surface area contributed by atoms with E-state index in [1.54, 1.807) is 0 Å². The van der Waals surface area contributed by atoms with E-state index in [1.807, 2.05) is 7.05 Å². The van der Waals surface area contributed by atoms with Crippen LogP contribution in [0.1, 0.15) is 11.1 Å². The summed E-state index contributed by atoms with van der Waals surface area (Å²) in [5.41, 5.74) is 2.98. The molecule has 0 aliphatic heterocycles. The summed E-state index contributed by atoms with van der Waals surface area (Å²) in [4.78, 5) is 0. The average Bonchev–Trinajstić information content (AvgIpc) is 2.46. The zero-order valence-electron chi connectivity index (χ0n) is 6.75. The van der Waals surface area contributed by atoms with Crippen LogP contribution in [-0.2, 0) is 12.8 Å². The smallest absolute Gasteiger partial charge is 0.0323 e. The third kappa shape index (κ3) is 1.16. The van der Waals surface area contributed by atoms with Crippen LogP contribution in [0, 0.1) is 0 Å². The molecule has 1 aromatic rings. The highest BCUT2D eigenvalue weighted by Crippen LogP contribution is 2.21. The second kappa shape index (κ2) is 2.67. The molecule has 0 aromatic heterocycles. The van der Waals surface area contributed by atoms with E-state index in [4.69, 9.17) is 0 Å². The minimum atomic E-state index is 0.549. The van der Waals surface area contributed by atoms with Crippen molar-refractivity contribution >= 4 is 0 Å². The van der Waals surface area contributed by atoms with Crippen LogP contribution in [0.3, 0.4) is 0 Å². The molecule has 1 aromatic carbocycles. The third-order valence-corrected chi connectivity index (χ3v) is 2.39. The normalized spacial score (nSPS) is 16.8. The Morgan fingerprint density at radius 3 is 2.18 bits per heavy atom. The maximum absolute atomic E-state index is 4.30. The second-order valence-corrected chi connectivity index (χ2v) is 3.09. The fraction of sp³-hybridized carbons (Fsp3) is 0.400. The molecule has 0 saturated heterocycles. The number of hydrogen-bond donors (Lipinski definition) is 0. The molecular formula is C10H12N. The van der Waals surface area contributed by atoms with Gasteiger partial charge in [-0.25, -0.2) is 5.32 Å².